The SMILES string of the molecule is Cc1ccc(/C=C2/SC(=S)N(CCCCCC(=O)Nc3ccc(C(=O)O)c(O)c3)C2=O)cc1. The first-order valence-electron chi connectivity index (χ1n) is 10.4. The molecule has 0 aliphatic carbocycles. The topological polar surface area (TPSA) is 107 Å². The molecule has 2 amide bonds. The van der Waals surface area contributed by atoms with Gasteiger partial charge in [-0.3, -0.25) is 14.5 Å². The van der Waals surface area contributed by atoms with Crippen LogP contribution in [0.1, 0.15) is 47.2 Å². The first kappa shape index (κ1) is 24.5. The van der Waals surface area contributed by atoms with Crippen LogP contribution in [0.25, 0.3) is 6.08 Å². The van der Waals surface area contributed by atoms with E-state index in [1.165, 1.54) is 30.0 Å². The van der Waals surface area contributed by atoms with E-state index in [9.17, 15) is 19.5 Å². The number of hydrogen-bond donors (Lipinski definition) is 3. The Hall–Kier alpha value is -3.17. The van der Waals surface area contributed by atoms with Crippen LogP contribution in [-0.2, 0) is 9.59 Å². The maximum atomic E-state index is 12.7. The van der Waals surface area contributed by atoms with Crippen LogP contribution in [0.5, 0.6) is 5.75 Å². The monoisotopic (exact) mass is 484 g/mol. The molecule has 9 heteroatoms. The molecule has 1 saturated heterocycles. The minimum atomic E-state index is -1.24. The number of nitrogens with one attached hydrogen (secondary N) is 1. The van der Waals surface area contributed by atoms with Crippen molar-refractivity contribution < 1.29 is 24.6 Å². The van der Waals surface area contributed by atoms with Crippen LogP contribution in [0, 0.1) is 6.92 Å². The van der Waals surface area contributed by atoms with E-state index in [-0.39, 0.29) is 23.8 Å². The zero-order chi connectivity index (χ0) is 24.0. The van der Waals surface area contributed by atoms with Gasteiger partial charge in [0.05, 0.1) is 4.91 Å². The average Bonchev–Trinajstić information content (AvgIpc) is 3.02. The predicted octanol–water partition coefficient (Wildman–Crippen LogP) is 4.80. The standard InChI is InChI=1S/C24H24N2O5S2/c1-15-6-8-16(9-7-15)13-20-22(29)26(24(32)33-20)12-4-2-3-5-21(28)25-17-10-11-18(23(30)31)19(27)14-17/h6-11,13-14,27H,2-5,12H2,1H3,(H,25,28)(H,30,31)/b20-13+. The Bertz CT molecular complexity index is 1110. The molecule has 1 fully saturated rings. The van der Waals surface area contributed by atoms with Crippen LogP contribution in [0.2, 0.25) is 0 Å². The first-order valence-corrected chi connectivity index (χ1v) is 11.7. The molecule has 2 aromatic carbocycles. The number of amides is 2. The van der Waals surface area contributed by atoms with E-state index in [1.54, 1.807) is 4.90 Å². The summed E-state index contributed by atoms with van der Waals surface area (Å²) in [4.78, 5) is 37.9. The summed E-state index contributed by atoms with van der Waals surface area (Å²) in [5, 5.41) is 21.3. The van der Waals surface area contributed by atoms with Crippen LogP contribution < -0.4 is 5.32 Å². The molecule has 0 aromatic heterocycles. The van der Waals surface area contributed by atoms with Gasteiger partial charge in [-0.25, -0.2) is 4.79 Å². The third-order valence-corrected chi connectivity index (χ3v) is 6.42. The molecule has 3 rings (SSSR count). The number of carboxylic acids is 1. The summed E-state index contributed by atoms with van der Waals surface area (Å²) < 4.78 is 0.542. The lowest BCUT2D eigenvalue weighted by atomic mass is 10.1. The second-order valence-corrected chi connectivity index (χ2v) is 9.32. The van der Waals surface area contributed by atoms with Crippen LogP contribution in [0.3, 0.4) is 0 Å². The number of carbonyl (C=O) groups excluding carboxylic acids is 2. The van der Waals surface area contributed by atoms with Crippen molar-refractivity contribution in [2.45, 2.75) is 32.6 Å². The third-order valence-electron chi connectivity index (χ3n) is 5.05. The lowest BCUT2D eigenvalue weighted by Gasteiger charge is -2.14. The Morgan fingerprint density at radius 3 is 2.52 bits per heavy atom. The predicted molar refractivity (Wildman–Crippen MR) is 133 cm³/mol. The van der Waals surface area contributed by atoms with Gasteiger partial charge in [-0.1, -0.05) is 60.2 Å². The Labute approximate surface area is 201 Å². The Morgan fingerprint density at radius 1 is 1.12 bits per heavy atom. The number of rotatable bonds is 9. The van der Waals surface area contributed by atoms with Crippen molar-refractivity contribution in [3.8, 4) is 5.75 Å². The number of hydrogen-bond acceptors (Lipinski definition) is 6. The zero-order valence-electron chi connectivity index (χ0n) is 18.0. The second-order valence-electron chi connectivity index (χ2n) is 7.64. The lowest BCUT2D eigenvalue weighted by molar-refractivity contribution is -0.122. The highest BCUT2D eigenvalue weighted by Crippen LogP contribution is 2.32. The number of thioether (sulfide) groups is 1. The number of benzene rings is 2. The number of aromatic hydroxyl groups is 1. The highest BCUT2D eigenvalue weighted by molar-refractivity contribution is 8.26. The molecule has 0 spiro atoms. The number of carboxylic acid groups (broad SMARTS) is 1. The molecule has 0 bridgehead atoms. The largest absolute Gasteiger partial charge is 0.507 e. The molecule has 1 aliphatic rings. The second kappa shape index (κ2) is 11.1. The van der Waals surface area contributed by atoms with Crippen molar-refractivity contribution in [3.63, 3.8) is 0 Å². The molecule has 1 aliphatic heterocycles. The smallest absolute Gasteiger partial charge is 0.339 e. The summed E-state index contributed by atoms with van der Waals surface area (Å²) in [6.45, 7) is 2.51. The minimum absolute atomic E-state index is 0.0899. The van der Waals surface area contributed by atoms with Crippen molar-refractivity contribution >= 4 is 57.8 Å². The van der Waals surface area contributed by atoms with Crippen LogP contribution in [-0.4, -0.2) is 43.8 Å². The number of anilines is 1. The third kappa shape index (κ3) is 6.66. The minimum Gasteiger partial charge on any atom is -0.507 e. The molecular formula is C24H24N2O5S2. The maximum absolute atomic E-state index is 12.7. The molecule has 0 unspecified atom stereocenters. The van der Waals surface area contributed by atoms with Crippen molar-refractivity contribution in [3.05, 3.63) is 64.1 Å². The highest BCUT2D eigenvalue weighted by atomic mass is 32.2. The number of thiocarbonyl (C=S) groups is 1. The van der Waals surface area contributed by atoms with Crippen molar-refractivity contribution in [2.75, 3.05) is 11.9 Å². The average molecular weight is 485 g/mol. The summed E-state index contributed by atoms with van der Waals surface area (Å²) in [7, 11) is 0. The van der Waals surface area contributed by atoms with E-state index in [2.05, 4.69) is 5.32 Å². The highest BCUT2D eigenvalue weighted by Gasteiger charge is 2.31. The maximum Gasteiger partial charge on any atom is 0.339 e. The van der Waals surface area contributed by atoms with Gasteiger partial charge in [0.2, 0.25) is 5.91 Å². The number of aromatic carboxylic acids is 1. The number of carbonyl (C=O) groups is 3. The number of unbranched alkanes of at least 4 members (excludes halogenated alkanes) is 2. The van der Waals surface area contributed by atoms with E-state index in [0.717, 1.165) is 17.5 Å². The lowest BCUT2D eigenvalue weighted by Crippen LogP contribution is -2.29. The van der Waals surface area contributed by atoms with E-state index >= 15 is 0 Å². The molecule has 0 atom stereocenters. The summed E-state index contributed by atoms with van der Waals surface area (Å²) in [5.41, 5.74) is 2.22. The quantitative estimate of drug-likeness (QED) is 0.267. The molecule has 33 heavy (non-hydrogen) atoms. The molecule has 172 valence electrons. The Kier molecular flexibility index (Phi) is 8.24. The fourth-order valence-electron chi connectivity index (χ4n) is 3.25. The van der Waals surface area contributed by atoms with Crippen molar-refractivity contribution in [2.24, 2.45) is 0 Å². The Balaban J connectivity index is 1.41. The number of aryl methyl sites for hydroxylation is 1. The normalized spacial score (nSPS) is 14.7. The van der Waals surface area contributed by atoms with Gasteiger partial charge in [0.1, 0.15) is 15.6 Å². The number of nitrogens with zero attached hydrogens (tertiary/aromatic N) is 1. The molecule has 2 aromatic rings. The molecule has 0 saturated carbocycles. The number of phenols is 1. The van der Waals surface area contributed by atoms with Crippen LogP contribution >= 0.6 is 24.0 Å². The van der Waals surface area contributed by atoms with Crippen molar-refractivity contribution in [1.29, 1.82) is 0 Å². The summed E-state index contributed by atoms with van der Waals surface area (Å²) in [6.07, 6.45) is 4.20. The first-order chi connectivity index (χ1) is 15.7. The van der Waals surface area contributed by atoms with Crippen LogP contribution in [0.15, 0.2) is 47.4 Å². The summed E-state index contributed by atoms with van der Waals surface area (Å²) in [5.74, 6) is -1.96. The summed E-state index contributed by atoms with van der Waals surface area (Å²) in [6, 6.07) is 11.8. The van der Waals surface area contributed by atoms with Gasteiger partial charge in [0.25, 0.3) is 5.91 Å². The van der Waals surface area contributed by atoms with Gasteiger partial charge < -0.3 is 15.5 Å². The summed E-state index contributed by atoms with van der Waals surface area (Å²) >= 11 is 6.67. The van der Waals surface area contributed by atoms with E-state index in [0.29, 0.717) is 34.3 Å². The zero-order valence-corrected chi connectivity index (χ0v) is 19.7. The Morgan fingerprint density at radius 2 is 1.85 bits per heavy atom. The van der Waals surface area contributed by atoms with Gasteiger partial charge in [-0.2, -0.15) is 0 Å². The van der Waals surface area contributed by atoms with Crippen LogP contribution in [0.4, 0.5) is 5.69 Å². The van der Waals surface area contributed by atoms with Gasteiger partial charge in [0, 0.05) is 24.7 Å². The fraction of sp³-hybridized carbons (Fsp3) is 0.250. The van der Waals surface area contributed by atoms with E-state index in [4.69, 9.17) is 17.3 Å². The van der Waals surface area contributed by atoms with Gasteiger partial charge in [0.15, 0.2) is 0 Å². The fourth-order valence-corrected chi connectivity index (χ4v) is 4.56. The molecule has 0 radical (unpaired) electrons. The van der Waals surface area contributed by atoms with Gasteiger partial charge in [-0.05, 0) is 43.5 Å². The van der Waals surface area contributed by atoms with Crippen molar-refractivity contribution in [1.82, 2.24) is 4.90 Å². The van der Waals surface area contributed by atoms with E-state index in [1.807, 2.05) is 37.3 Å². The van der Waals surface area contributed by atoms with E-state index < -0.39 is 11.7 Å². The molecular weight excluding hydrogens is 460 g/mol. The van der Waals surface area contributed by atoms with Gasteiger partial charge >= 0.3 is 5.97 Å². The molecule has 7 nitrogen and oxygen atoms in total. The van der Waals surface area contributed by atoms with Gasteiger partial charge in [-0.15, -0.1) is 0 Å². The molecule has 1 heterocycles. The molecule has 3 N–H and O–H groups in total.